The summed E-state index contributed by atoms with van der Waals surface area (Å²) in [5.74, 6) is -0.902. The average molecular weight is 240 g/mol. The van der Waals surface area contributed by atoms with Crippen LogP contribution in [-0.4, -0.2) is 15.0 Å². The van der Waals surface area contributed by atoms with Crippen LogP contribution in [0.4, 0.5) is 11.4 Å². The fraction of sp³-hybridized carbons (Fsp3) is 0.400. The van der Waals surface area contributed by atoms with E-state index in [9.17, 15) is 25.3 Å². The van der Waals surface area contributed by atoms with Gasteiger partial charge in [-0.15, -0.1) is 0 Å². The highest BCUT2D eigenvalue weighted by atomic mass is 16.6. The van der Waals surface area contributed by atoms with Crippen molar-refractivity contribution in [2.45, 2.75) is 26.2 Å². The lowest BCUT2D eigenvalue weighted by molar-refractivity contribution is -0.390. The second kappa shape index (κ2) is 4.77. The number of aromatic hydroxyl groups is 1. The number of nitrogens with zero attached hydrogens (tertiary/aromatic N) is 2. The van der Waals surface area contributed by atoms with Crippen LogP contribution in [0.3, 0.4) is 0 Å². The van der Waals surface area contributed by atoms with E-state index in [-0.39, 0.29) is 17.2 Å². The van der Waals surface area contributed by atoms with Gasteiger partial charge in [-0.3, -0.25) is 20.2 Å². The lowest BCUT2D eigenvalue weighted by Crippen LogP contribution is -2.01. The van der Waals surface area contributed by atoms with Crippen molar-refractivity contribution in [3.05, 3.63) is 37.9 Å². The molecule has 0 aromatic heterocycles. The molecular formula is C10H12N2O5. The number of phenols is 1. The van der Waals surface area contributed by atoms with E-state index in [1.54, 1.807) is 6.92 Å². The van der Waals surface area contributed by atoms with Crippen LogP contribution in [0, 0.1) is 20.2 Å². The molecule has 0 radical (unpaired) electrons. The van der Waals surface area contributed by atoms with Crippen molar-refractivity contribution in [1.29, 1.82) is 0 Å². The van der Waals surface area contributed by atoms with E-state index in [1.807, 2.05) is 6.92 Å². The maximum absolute atomic E-state index is 10.8. The summed E-state index contributed by atoms with van der Waals surface area (Å²) < 4.78 is 0. The van der Waals surface area contributed by atoms with Crippen LogP contribution in [0.1, 0.15) is 31.7 Å². The largest absolute Gasteiger partial charge is 0.502 e. The van der Waals surface area contributed by atoms with Gasteiger partial charge in [0.2, 0.25) is 5.75 Å². The lowest BCUT2D eigenvalue weighted by atomic mass is 9.96. The highest BCUT2D eigenvalue weighted by molar-refractivity contribution is 5.59. The molecule has 92 valence electrons. The summed E-state index contributed by atoms with van der Waals surface area (Å²) in [6, 6.07) is 1.94. The summed E-state index contributed by atoms with van der Waals surface area (Å²) >= 11 is 0. The van der Waals surface area contributed by atoms with Crippen LogP contribution in [0.5, 0.6) is 5.75 Å². The summed E-state index contributed by atoms with van der Waals surface area (Å²) in [5, 5.41) is 30.9. The molecule has 0 aliphatic heterocycles. The van der Waals surface area contributed by atoms with Gasteiger partial charge in [0.15, 0.2) is 0 Å². The topological polar surface area (TPSA) is 107 Å². The van der Waals surface area contributed by atoms with Gasteiger partial charge in [-0.25, -0.2) is 0 Å². The first-order valence-electron chi connectivity index (χ1n) is 5.04. The van der Waals surface area contributed by atoms with Crippen LogP contribution in [-0.2, 0) is 0 Å². The van der Waals surface area contributed by atoms with Gasteiger partial charge < -0.3 is 5.11 Å². The third-order valence-electron chi connectivity index (χ3n) is 2.64. The quantitative estimate of drug-likeness (QED) is 0.643. The van der Waals surface area contributed by atoms with E-state index in [2.05, 4.69) is 0 Å². The minimum Gasteiger partial charge on any atom is -0.502 e. The average Bonchev–Trinajstić information content (AvgIpc) is 2.26. The van der Waals surface area contributed by atoms with Gasteiger partial charge in [-0.05, 0) is 12.3 Å². The summed E-state index contributed by atoms with van der Waals surface area (Å²) in [5.41, 5.74) is -0.613. The molecule has 1 N–H and O–H groups in total. The summed E-state index contributed by atoms with van der Waals surface area (Å²) in [4.78, 5) is 20.0. The summed E-state index contributed by atoms with van der Waals surface area (Å²) in [6.07, 6.45) is 0.585. The van der Waals surface area contributed by atoms with Crippen LogP contribution < -0.4 is 0 Å². The fourth-order valence-corrected chi connectivity index (χ4v) is 1.53. The Morgan fingerprint density at radius 3 is 2.29 bits per heavy atom. The molecule has 0 fully saturated rings. The molecule has 7 nitrogen and oxygen atoms in total. The van der Waals surface area contributed by atoms with Gasteiger partial charge in [-0.1, -0.05) is 13.8 Å². The molecule has 0 heterocycles. The molecule has 0 aliphatic carbocycles. The Bertz CT molecular complexity index is 472. The van der Waals surface area contributed by atoms with Crippen LogP contribution in [0.15, 0.2) is 12.1 Å². The maximum Gasteiger partial charge on any atom is 0.314 e. The SMILES string of the molecule is CCC(C)c1cc([N+](=O)[O-])cc(O)c1[N+](=O)[O-]. The monoisotopic (exact) mass is 240 g/mol. The molecule has 1 atom stereocenters. The zero-order valence-electron chi connectivity index (χ0n) is 9.41. The lowest BCUT2D eigenvalue weighted by Gasteiger charge is -2.10. The van der Waals surface area contributed by atoms with Gasteiger partial charge in [-0.2, -0.15) is 0 Å². The first-order valence-corrected chi connectivity index (χ1v) is 5.04. The van der Waals surface area contributed by atoms with Gasteiger partial charge in [0.1, 0.15) is 0 Å². The highest BCUT2D eigenvalue weighted by Gasteiger charge is 2.27. The Balaban J connectivity index is 3.50. The molecule has 0 amide bonds. The molecule has 1 aromatic rings. The molecule has 1 unspecified atom stereocenters. The van der Waals surface area contributed by atoms with Gasteiger partial charge in [0, 0.05) is 11.6 Å². The van der Waals surface area contributed by atoms with Gasteiger partial charge in [0.05, 0.1) is 15.9 Å². The molecule has 7 heteroatoms. The van der Waals surface area contributed by atoms with Crippen molar-refractivity contribution >= 4 is 11.4 Å². The number of hydrogen-bond acceptors (Lipinski definition) is 5. The molecule has 0 spiro atoms. The number of phenolic OH excluding ortho intramolecular Hbond substituents is 1. The van der Waals surface area contributed by atoms with Crippen molar-refractivity contribution in [3.8, 4) is 5.75 Å². The van der Waals surface area contributed by atoms with E-state index in [4.69, 9.17) is 0 Å². The maximum atomic E-state index is 10.8. The van der Waals surface area contributed by atoms with Crippen LogP contribution in [0.2, 0.25) is 0 Å². The summed E-state index contributed by atoms with van der Waals surface area (Å²) in [6.45, 7) is 3.52. The third-order valence-corrected chi connectivity index (χ3v) is 2.64. The third kappa shape index (κ3) is 2.49. The molecule has 0 aliphatic rings. The standard InChI is InChI=1S/C10H12N2O5/c1-3-6(2)8-4-7(11(14)15)5-9(13)10(8)12(16)17/h4-6,13H,3H2,1-2H3. The first kappa shape index (κ1) is 12.9. The number of hydrogen-bond donors (Lipinski definition) is 1. The van der Waals surface area contributed by atoms with Crippen LogP contribution in [0.25, 0.3) is 0 Å². The molecule has 0 saturated carbocycles. The first-order chi connectivity index (χ1) is 7.88. The Labute approximate surface area is 97.0 Å². The predicted molar refractivity (Wildman–Crippen MR) is 60.1 cm³/mol. The van der Waals surface area contributed by atoms with Crippen LogP contribution >= 0.6 is 0 Å². The zero-order chi connectivity index (χ0) is 13.2. The van der Waals surface area contributed by atoms with E-state index in [1.165, 1.54) is 0 Å². The van der Waals surface area contributed by atoms with Gasteiger partial charge >= 0.3 is 5.69 Å². The number of nitro benzene ring substituents is 2. The Hall–Kier alpha value is -2.18. The highest BCUT2D eigenvalue weighted by Crippen LogP contribution is 2.39. The molecule has 17 heavy (non-hydrogen) atoms. The Kier molecular flexibility index (Phi) is 3.62. The number of benzene rings is 1. The van der Waals surface area contributed by atoms with Crippen molar-refractivity contribution in [2.24, 2.45) is 0 Å². The Morgan fingerprint density at radius 1 is 1.29 bits per heavy atom. The number of rotatable bonds is 4. The van der Waals surface area contributed by atoms with Crippen molar-refractivity contribution in [1.82, 2.24) is 0 Å². The minimum absolute atomic E-state index is 0.184. The van der Waals surface area contributed by atoms with E-state index in [0.717, 1.165) is 12.1 Å². The molecule has 0 saturated heterocycles. The second-order valence-corrected chi connectivity index (χ2v) is 3.73. The fourth-order valence-electron chi connectivity index (χ4n) is 1.53. The van der Waals surface area contributed by atoms with Crippen molar-refractivity contribution in [3.63, 3.8) is 0 Å². The number of non-ortho nitro benzene ring substituents is 1. The Morgan fingerprint density at radius 2 is 1.88 bits per heavy atom. The second-order valence-electron chi connectivity index (χ2n) is 3.73. The molecule has 1 aromatic carbocycles. The van der Waals surface area contributed by atoms with Crippen molar-refractivity contribution < 1.29 is 15.0 Å². The van der Waals surface area contributed by atoms with E-state index < -0.39 is 21.3 Å². The minimum atomic E-state index is -0.722. The molecule has 0 bridgehead atoms. The predicted octanol–water partition coefficient (Wildman–Crippen LogP) is 2.72. The molecule has 1 rings (SSSR count). The normalized spacial score (nSPS) is 12.1. The molecular weight excluding hydrogens is 228 g/mol. The summed E-state index contributed by atoms with van der Waals surface area (Å²) in [7, 11) is 0. The van der Waals surface area contributed by atoms with E-state index in [0.29, 0.717) is 6.42 Å². The van der Waals surface area contributed by atoms with Crippen molar-refractivity contribution in [2.75, 3.05) is 0 Å². The van der Waals surface area contributed by atoms with Gasteiger partial charge in [0.25, 0.3) is 5.69 Å². The number of nitro groups is 2. The zero-order valence-corrected chi connectivity index (χ0v) is 9.41. The van der Waals surface area contributed by atoms with E-state index >= 15 is 0 Å². The smallest absolute Gasteiger partial charge is 0.314 e.